The Morgan fingerprint density at radius 2 is 1.73 bits per heavy atom. The molecule has 0 bridgehead atoms. The van der Waals surface area contributed by atoms with Crippen LogP contribution >= 0.6 is 0 Å². The molecular weight excluding hydrogens is 452 g/mol. The van der Waals surface area contributed by atoms with Gasteiger partial charge in [0.2, 0.25) is 10.0 Å². The molecule has 0 aromatic heterocycles. The largest absolute Gasteiger partial charge is 0.486 e. The average Bonchev–Trinajstić information content (AvgIpc) is 2.84. The Morgan fingerprint density at radius 1 is 1.00 bits per heavy atom. The minimum Gasteiger partial charge on any atom is -0.486 e. The van der Waals surface area contributed by atoms with Crippen molar-refractivity contribution in [1.29, 1.82) is 0 Å². The van der Waals surface area contributed by atoms with Crippen molar-refractivity contribution >= 4 is 27.6 Å². The fraction of sp³-hybridized carbons (Fsp3) is 0.364. The number of fused-ring (bicyclic) bond motifs is 1. The molecule has 33 heavy (non-hydrogen) atoms. The van der Waals surface area contributed by atoms with E-state index in [1.54, 1.807) is 18.2 Å². The maximum absolute atomic E-state index is 12.8. The number of sulfonamides is 1. The average molecular weight is 477 g/mol. The monoisotopic (exact) mass is 476 g/mol. The fourth-order valence-electron chi connectivity index (χ4n) is 3.37. The molecule has 2 aromatic rings. The smallest absolute Gasteiger partial charge is 0.338 e. The Labute approximate surface area is 191 Å². The predicted molar refractivity (Wildman–Crippen MR) is 117 cm³/mol. The summed E-state index contributed by atoms with van der Waals surface area (Å²) in [5, 5.41) is 2.66. The third-order valence-electron chi connectivity index (χ3n) is 5.14. The molecule has 0 aliphatic carbocycles. The number of nitrogens with one attached hydrogen (secondary N) is 1. The van der Waals surface area contributed by atoms with Crippen molar-refractivity contribution in [1.82, 2.24) is 4.31 Å². The van der Waals surface area contributed by atoms with Crippen molar-refractivity contribution in [2.75, 3.05) is 44.8 Å². The highest BCUT2D eigenvalue weighted by Crippen LogP contribution is 2.32. The Balaban J connectivity index is 1.40. The SMILES string of the molecule is CC(OC(=O)c1cccc(S(=O)(=O)N2CCOCC2)c1)C(=O)Nc1ccc2c(c1)OCCO2. The summed E-state index contributed by atoms with van der Waals surface area (Å²) in [4.78, 5) is 25.1. The number of hydrogen-bond acceptors (Lipinski definition) is 8. The molecule has 0 saturated carbocycles. The standard InChI is InChI=1S/C22H24N2O8S/c1-15(21(25)23-17-5-6-19-20(14-17)31-12-11-30-19)32-22(26)16-3-2-4-18(13-16)33(27,28)24-7-9-29-10-8-24/h2-6,13-15H,7-12H2,1H3,(H,23,25). The second kappa shape index (κ2) is 9.77. The zero-order valence-electron chi connectivity index (χ0n) is 18.0. The highest BCUT2D eigenvalue weighted by atomic mass is 32.2. The highest BCUT2D eigenvalue weighted by Gasteiger charge is 2.27. The molecule has 0 radical (unpaired) electrons. The van der Waals surface area contributed by atoms with E-state index in [2.05, 4.69) is 5.32 Å². The van der Waals surface area contributed by atoms with Crippen molar-refractivity contribution in [2.45, 2.75) is 17.9 Å². The number of hydrogen-bond donors (Lipinski definition) is 1. The van der Waals surface area contributed by atoms with Crippen LogP contribution in [0.2, 0.25) is 0 Å². The summed E-state index contributed by atoms with van der Waals surface area (Å²) in [7, 11) is -3.77. The van der Waals surface area contributed by atoms with Gasteiger partial charge in [0, 0.05) is 24.8 Å². The van der Waals surface area contributed by atoms with Gasteiger partial charge in [0.1, 0.15) is 13.2 Å². The summed E-state index contributed by atoms with van der Waals surface area (Å²) in [5.41, 5.74) is 0.495. The Morgan fingerprint density at radius 3 is 2.48 bits per heavy atom. The van der Waals surface area contributed by atoms with Gasteiger partial charge < -0.3 is 24.3 Å². The fourth-order valence-corrected chi connectivity index (χ4v) is 4.82. The van der Waals surface area contributed by atoms with Crippen molar-refractivity contribution in [2.24, 2.45) is 0 Å². The number of ether oxygens (including phenoxy) is 4. The lowest BCUT2D eigenvalue weighted by molar-refractivity contribution is -0.123. The lowest BCUT2D eigenvalue weighted by Gasteiger charge is -2.26. The van der Waals surface area contributed by atoms with Gasteiger partial charge in [-0.2, -0.15) is 4.31 Å². The summed E-state index contributed by atoms with van der Waals surface area (Å²) >= 11 is 0. The van der Waals surface area contributed by atoms with E-state index in [9.17, 15) is 18.0 Å². The molecule has 1 fully saturated rings. The van der Waals surface area contributed by atoms with Crippen molar-refractivity contribution in [3.8, 4) is 11.5 Å². The first-order valence-corrected chi connectivity index (χ1v) is 11.9. The van der Waals surface area contributed by atoms with Gasteiger partial charge in [0.05, 0.1) is 23.7 Å². The van der Waals surface area contributed by atoms with Crippen molar-refractivity contribution in [3.63, 3.8) is 0 Å². The van der Waals surface area contributed by atoms with E-state index in [-0.39, 0.29) is 23.5 Å². The van der Waals surface area contributed by atoms with Crippen LogP contribution in [0.4, 0.5) is 5.69 Å². The molecule has 1 amide bonds. The minimum atomic E-state index is -3.77. The lowest BCUT2D eigenvalue weighted by Crippen LogP contribution is -2.40. The minimum absolute atomic E-state index is 0.0211. The molecule has 0 spiro atoms. The number of rotatable bonds is 6. The number of anilines is 1. The van der Waals surface area contributed by atoms with Crippen molar-refractivity contribution in [3.05, 3.63) is 48.0 Å². The molecule has 2 aliphatic heterocycles. The molecular formula is C22H24N2O8S. The van der Waals surface area contributed by atoms with Gasteiger partial charge in [0.15, 0.2) is 17.6 Å². The molecule has 1 saturated heterocycles. The number of amides is 1. The third kappa shape index (κ3) is 5.27. The number of benzene rings is 2. The van der Waals surface area contributed by atoms with Crippen LogP contribution in [0, 0.1) is 0 Å². The van der Waals surface area contributed by atoms with Gasteiger partial charge in [-0.3, -0.25) is 4.79 Å². The van der Waals surface area contributed by atoms with Crippen LogP contribution in [0.25, 0.3) is 0 Å². The Bertz CT molecular complexity index is 1140. The molecule has 1 N–H and O–H groups in total. The summed E-state index contributed by atoms with van der Waals surface area (Å²) in [6.07, 6.45) is -1.12. The third-order valence-corrected chi connectivity index (χ3v) is 7.03. The molecule has 1 atom stereocenters. The number of nitrogens with zero attached hydrogens (tertiary/aromatic N) is 1. The molecule has 2 aromatic carbocycles. The number of esters is 1. The maximum Gasteiger partial charge on any atom is 0.338 e. The van der Waals surface area contributed by atoms with Crippen LogP contribution in [-0.4, -0.2) is 70.2 Å². The topological polar surface area (TPSA) is 120 Å². The molecule has 2 aliphatic rings. The zero-order valence-corrected chi connectivity index (χ0v) is 18.8. The van der Waals surface area contributed by atoms with Crippen LogP contribution in [0.5, 0.6) is 11.5 Å². The van der Waals surface area contributed by atoms with Gasteiger partial charge in [-0.25, -0.2) is 13.2 Å². The number of carbonyl (C=O) groups excluding carboxylic acids is 2. The van der Waals surface area contributed by atoms with E-state index in [1.165, 1.54) is 35.5 Å². The normalized spacial score (nSPS) is 17.1. The van der Waals surface area contributed by atoms with Crippen LogP contribution in [0.3, 0.4) is 0 Å². The second-order valence-electron chi connectivity index (χ2n) is 7.44. The van der Waals surface area contributed by atoms with Crippen LogP contribution in [0.1, 0.15) is 17.3 Å². The van der Waals surface area contributed by atoms with E-state index in [0.717, 1.165) is 0 Å². The van der Waals surface area contributed by atoms with Gasteiger partial charge in [0.25, 0.3) is 5.91 Å². The number of carbonyl (C=O) groups is 2. The van der Waals surface area contributed by atoms with E-state index >= 15 is 0 Å². The molecule has 176 valence electrons. The number of morpholine rings is 1. The van der Waals surface area contributed by atoms with Gasteiger partial charge in [-0.05, 0) is 37.3 Å². The van der Waals surface area contributed by atoms with E-state index in [4.69, 9.17) is 18.9 Å². The molecule has 2 heterocycles. The van der Waals surface area contributed by atoms with Crippen LogP contribution < -0.4 is 14.8 Å². The van der Waals surface area contributed by atoms with Gasteiger partial charge >= 0.3 is 5.97 Å². The first kappa shape index (κ1) is 23.0. The molecule has 1 unspecified atom stereocenters. The van der Waals surface area contributed by atoms with E-state index in [1.807, 2.05) is 0 Å². The van der Waals surface area contributed by atoms with Crippen LogP contribution in [0.15, 0.2) is 47.4 Å². The summed E-state index contributed by atoms with van der Waals surface area (Å²) < 4.78 is 48.4. The second-order valence-corrected chi connectivity index (χ2v) is 9.38. The van der Waals surface area contributed by atoms with Crippen LogP contribution in [-0.2, 0) is 24.3 Å². The quantitative estimate of drug-likeness (QED) is 0.625. The van der Waals surface area contributed by atoms with Gasteiger partial charge in [-0.1, -0.05) is 6.07 Å². The molecule has 11 heteroatoms. The summed E-state index contributed by atoms with van der Waals surface area (Å²) in [6.45, 7) is 3.43. The van der Waals surface area contributed by atoms with E-state index in [0.29, 0.717) is 43.6 Å². The molecule has 4 rings (SSSR count). The van der Waals surface area contributed by atoms with E-state index < -0.39 is 28.0 Å². The predicted octanol–water partition coefficient (Wildman–Crippen LogP) is 1.66. The molecule has 10 nitrogen and oxygen atoms in total. The Hall–Kier alpha value is -3.15. The lowest BCUT2D eigenvalue weighted by atomic mass is 10.2. The summed E-state index contributed by atoms with van der Waals surface area (Å²) in [5.74, 6) is -0.247. The van der Waals surface area contributed by atoms with Gasteiger partial charge in [-0.15, -0.1) is 0 Å². The summed E-state index contributed by atoms with van der Waals surface area (Å²) in [6, 6.07) is 10.5. The maximum atomic E-state index is 12.8. The Kier molecular flexibility index (Phi) is 6.82. The first-order chi connectivity index (χ1) is 15.8. The first-order valence-electron chi connectivity index (χ1n) is 10.4. The zero-order chi connectivity index (χ0) is 23.4. The van der Waals surface area contributed by atoms with Crippen molar-refractivity contribution < 1.29 is 37.0 Å². The highest BCUT2D eigenvalue weighted by molar-refractivity contribution is 7.89.